The van der Waals surface area contributed by atoms with Gasteiger partial charge in [0.05, 0.1) is 0 Å². The van der Waals surface area contributed by atoms with Crippen molar-refractivity contribution in [3.8, 4) is 0 Å². The van der Waals surface area contributed by atoms with Crippen molar-refractivity contribution in [1.29, 1.82) is 0 Å². The average molecular weight is 465 g/mol. The van der Waals surface area contributed by atoms with Gasteiger partial charge in [-0.25, -0.2) is 0 Å². The van der Waals surface area contributed by atoms with Gasteiger partial charge in [-0.1, -0.05) is 116 Å². The van der Waals surface area contributed by atoms with Crippen LogP contribution in [-0.4, -0.2) is 0 Å². The molecule has 2 aliphatic rings. The third-order valence-corrected chi connectivity index (χ3v) is 8.92. The zero-order chi connectivity index (χ0) is 25.1. The molecule has 0 radical (unpaired) electrons. The minimum Gasteiger partial charge on any atom is -0.0952 e. The molecule has 2 aliphatic carbocycles. The van der Waals surface area contributed by atoms with Crippen molar-refractivity contribution >= 4 is 0 Å². The Balaban J connectivity index is 2.02. The first-order valence-corrected chi connectivity index (χ1v) is 14.8. The van der Waals surface area contributed by atoms with Crippen LogP contribution >= 0.6 is 0 Å². The summed E-state index contributed by atoms with van der Waals surface area (Å²) in [5.41, 5.74) is 7.91. The lowest BCUT2D eigenvalue weighted by Gasteiger charge is -2.34. The zero-order valence-corrected chi connectivity index (χ0v) is 23.8. The van der Waals surface area contributed by atoms with Crippen molar-refractivity contribution in [3.05, 3.63) is 59.3 Å². The van der Waals surface area contributed by atoms with Crippen molar-refractivity contribution in [1.82, 2.24) is 0 Å². The summed E-state index contributed by atoms with van der Waals surface area (Å²) in [5.74, 6) is 2.17. The molecule has 0 aromatic heterocycles. The highest BCUT2D eigenvalue weighted by Gasteiger charge is 2.33. The van der Waals surface area contributed by atoms with Gasteiger partial charge in [0, 0.05) is 0 Å². The summed E-state index contributed by atoms with van der Waals surface area (Å²) in [6.45, 7) is 23.2. The first kappa shape index (κ1) is 28.9. The van der Waals surface area contributed by atoms with Gasteiger partial charge in [0.25, 0.3) is 0 Å². The van der Waals surface area contributed by atoms with Crippen molar-refractivity contribution in [2.75, 3.05) is 0 Å². The van der Waals surface area contributed by atoms with E-state index in [0.717, 1.165) is 31.1 Å². The Labute approximate surface area is 213 Å². The zero-order valence-electron chi connectivity index (χ0n) is 23.8. The molecule has 0 bridgehead atoms. The van der Waals surface area contributed by atoms with Crippen LogP contribution < -0.4 is 0 Å². The molecule has 0 aromatic rings. The number of hydrogen-bond acceptors (Lipinski definition) is 0. The third-order valence-electron chi connectivity index (χ3n) is 8.92. The highest BCUT2D eigenvalue weighted by molar-refractivity contribution is 5.48. The molecular formula is C34H56. The van der Waals surface area contributed by atoms with Gasteiger partial charge in [-0.2, -0.15) is 0 Å². The Hall–Kier alpha value is -1.30. The van der Waals surface area contributed by atoms with Crippen LogP contribution in [0.3, 0.4) is 0 Å². The first-order valence-electron chi connectivity index (χ1n) is 14.8. The van der Waals surface area contributed by atoms with Gasteiger partial charge < -0.3 is 0 Å². The van der Waals surface area contributed by atoms with Gasteiger partial charge >= 0.3 is 0 Å². The van der Waals surface area contributed by atoms with E-state index in [1.54, 1.807) is 5.57 Å². The van der Waals surface area contributed by atoms with E-state index in [-0.39, 0.29) is 0 Å². The molecule has 0 spiro atoms. The Morgan fingerprint density at radius 2 is 1.79 bits per heavy atom. The molecule has 0 heteroatoms. The number of rotatable bonds is 14. The molecular weight excluding hydrogens is 408 g/mol. The predicted octanol–water partition coefficient (Wildman–Crippen LogP) is 11.3. The second-order valence-corrected chi connectivity index (χ2v) is 11.7. The van der Waals surface area contributed by atoms with Crippen LogP contribution in [0.2, 0.25) is 0 Å². The van der Waals surface area contributed by atoms with Gasteiger partial charge in [0.15, 0.2) is 0 Å². The van der Waals surface area contributed by atoms with E-state index in [9.17, 15) is 0 Å². The summed E-state index contributed by atoms with van der Waals surface area (Å²) in [6.07, 6.45) is 25.3. The summed E-state index contributed by atoms with van der Waals surface area (Å²) >= 11 is 0. The molecule has 2 rings (SSSR count). The molecule has 0 saturated carbocycles. The molecule has 0 aliphatic heterocycles. The van der Waals surface area contributed by atoms with Crippen LogP contribution in [0.25, 0.3) is 0 Å². The normalized spacial score (nSPS) is 23.6. The van der Waals surface area contributed by atoms with Crippen LogP contribution in [0.1, 0.15) is 131 Å². The molecule has 0 nitrogen and oxygen atoms in total. The lowest BCUT2D eigenvalue weighted by atomic mass is 9.71. The Morgan fingerprint density at radius 1 is 1.09 bits per heavy atom. The van der Waals surface area contributed by atoms with E-state index in [0.29, 0.717) is 11.3 Å². The maximum Gasteiger partial charge on any atom is -0.0142 e. The Bertz CT molecular complexity index is 749. The van der Waals surface area contributed by atoms with Gasteiger partial charge in [-0.05, 0) is 97.7 Å². The van der Waals surface area contributed by atoms with Crippen molar-refractivity contribution in [2.45, 2.75) is 131 Å². The number of allylic oxidation sites excluding steroid dienone is 8. The minimum atomic E-state index is 0.486. The highest BCUT2D eigenvalue weighted by Crippen LogP contribution is 2.48. The van der Waals surface area contributed by atoms with Crippen molar-refractivity contribution in [3.63, 3.8) is 0 Å². The van der Waals surface area contributed by atoms with Crippen molar-refractivity contribution < 1.29 is 0 Å². The van der Waals surface area contributed by atoms with E-state index in [1.165, 1.54) is 92.9 Å². The monoisotopic (exact) mass is 464 g/mol. The van der Waals surface area contributed by atoms with Crippen LogP contribution in [0.15, 0.2) is 59.3 Å². The molecule has 192 valence electrons. The maximum atomic E-state index is 4.57. The molecule has 0 amide bonds. The fraction of sp³-hybridized carbons (Fsp3) is 0.706. The molecule has 0 saturated heterocycles. The molecule has 0 aromatic carbocycles. The summed E-state index contributed by atoms with van der Waals surface area (Å²) in [4.78, 5) is 0. The Kier molecular flexibility index (Phi) is 12.2. The summed E-state index contributed by atoms with van der Waals surface area (Å²) in [5, 5.41) is 0. The van der Waals surface area contributed by atoms with Gasteiger partial charge in [0.1, 0.15) is 0 Å². The van der Waals surface area contributed by atoms with Crippen LogP contribution in [-0.2, 0) is 0 Å². The van der Waals surface area contributed by atoms with Gasteiger partial charge in [0.2, 0.25) is 0 Å². The van der Waals surface area contributed by atoms with Gasteiger partial charge in [-0.15, -0.1) is 0 Å². The maximum absolute atomic E-state index is 4.57. The number of hydrogen-bond donors (Lipinski definition) is 0. The van der Waals surface area contributed by atoms with E-state index >= 15 is 0 Å². The highest BCUT2D eigenvalue weighted by atomic mass is 14.4. The molecule has 3 atom stereocenters. The second-order valence-electron chi connectivity index (χ2n) is 11.7. The van der Waals surface area contributed by atoms with Crippen LogP contribution in [0.5, 0.6) is 0 Å². The third kappa shape index (κ3) is 7.86. The fourth-order valence-corrected chi connectivity index (χ4v) is 6.87. The molecule has 0 heterocycles. The predicted molar refractivity (Wildman–Crippen MR) is 154 cm³/mol. The van der Waals surface area contributed by atoms with E-state index in [1.807, 2.05) is 0 Å². The van der Waals surface area contributed by atoms with Crippen molar-refractivity contribution in [2.24, 2.45) is 23.2 Å². The van der Waals surface area contributed by atoms with E-state index in [2.05, 4.69) is 72.9 Å². The quantitative estimate of drug-likeness (QED) is 0.224. The summed E-state index contributed by atoms with van der Waals surface area (Å²) in [6, 6.07) is 0. The second kappa shape index (κ2) is 14.3. The molecule has 0 fully saturated rings. The Morgan fingerprint density at radius 3 is 2.41 bits per heavy atom. The standard InChI is InChI=1S/C34H56/c1-9-21-34(22-10-2)23-20-29(8)33(26(5)11-3)31(25-34)17-15-13-14-16-27(6)32-24-30(12-4)19-18-28(32)7/h18-19,24,27-28,32H,5,8-17,20-23,25H2,1-4,6-7H3. The fourth-order valence-electron chi connectivity index (χ4n) is 6.87. The van der Waals surface area contributed by atoms with E-state index < -0.39 is 0 Å². The lowest BCUT2D eigenvalue weighted by Crippen LogP contribution is -2.21. The van der Waals surface area contributed by atoms with Crippen LogP contribution in [0.4, 0.5) is 0 Å². The van der Waals surface area contributed by atoms with Crippen LogP contribution in [0, 0.1) is 23.2 Å². The minimum absolute atomic E-state index is 0.486. The summed E-state index contributed by atoms with van der Waals surface area (Å²) < 4.78 is 0. The molecule has 0 N–H and O–H groups in total. The topological polar surface area (TPSA) is 0 Å². The largest absolute Gasteiger partial charge is 0.0952 e. The van der Waals surface area contributed by atoms with Gasteiger partial charge in [-0.3, -0.25) is 0 Å². The lowest BCUT2D eigenvalue weighted by molar-refractivity contribution is 0.213. The average Bonchev–Trinajstić information content (AvgIpc) is 2.95. The smallest absolute Gasteiger partial charge is 0.0142 e. The number of unbranched alkanes of at least 4 members (excludes halogenated alkanes) is 2. The SMILES string of the molecule is C=C(CC)C1=C(CCCCCC(C)C2C=C(CC)C=CC2C)CC(CCC)(CCC)CCC1=C. The molecule has 34 heavy (non-hydrogen) atoms. The van der Waals surface area contributed by atoms with E-state index in [4.69, 9.17) is 0 Å². The summed E-state index contributed by atoms with van der Waals surface area (Å²) in [7, 11) is 0. The first-order chi connectivity index (χ1) is 16.3. The molecule has 3 unspecified atom stereocenters.